The Morgan fingerprint density at radius 3 is 2.78 bits per heavy atom. The molecule has 2 saturated heterocycles. The first-order valence-corrected chi connectivity index (χ1v) is 10.2. The summed E-state index contributed by atoms with van der Waals surface area (Å²) in [4.78, 5) is 7.73. The molecule has 1 atom stereocenters. The van der Waals surface area contributed by atoms with Gasteiger partial charge in [-0.25, -0.2) is 0 Å². The largest absolute Gasteiger partial charge is 0.496 e. The second kappa shape index (κ2) is 8.85. The topological polar surface area (TPSA) is 34.6 Å². The van der Waals surface area contributed by atoms with Crippen molar-refractivity contribution in [2.45, 2.75) is 44.1 Å². The van der Waals surface area contributed by atoms with Crippen LogP contribution < -0.4 is 4.74 Å². The van der Waals surface area contributed by atoms with Crippen molar-refractivity contribution in [3.05, 3.63) is 59.4 Å². The van der Waals surface area contributed by atoms with Gasteiger partial charge in [0.25, 0.3) is 0 Å². The van der Waals surface area contributed by atoms with Crippen LogP contribution in [0.2, 0.25) is 0 Å². The zero-order chi connectivity index (χ0) is 18.5. The summed E-state index contributed by atoms with van der Waals surface area (Å²) in [6.45, 7) is 4.19. The van der Waals surface area contributed by atoms with Gasteiger partial charge in [-0.05, 0) is 50.4 Å². The van der Waals surface area contributed by atoms with Crippen molar-refractivity contribution in [2.75, 3.05) is 33.4 Å². The molecule has 0 bridgehead atoms. The summed E-state index contributed by atoms with van der Waals surface area (Å²) in [7, 11) is 1.73. The van der Waals surface area contributed by atoms with Crippen molar-refractivity contribution >= 4 is 0 Å². The molecule has 0 N–H and O–H groups in total. The van der Waals surface area contributed by atoms with E-state index in [1.165, 1.54) is 43.5 Å². The minimum Gasteiger partial charge on any atom is -0.496 e. The first kappa shape index (κ1) is 18.5. The molecule has 2 fully saturated rings. The van der Waals surface area contributed by atoms with E-state index < -0.39 is 0 Å². The Morgan fingerprint density at radius 2 is 1.93 bits per heavy atom. The molecule has 3 heterocycles. The fourth-order valence-electron chi connectivity index (χ4n) is 4.50. The molecule has 0 saturated carbocycles. The lowest BCUT2D eigenvalue weighted by Gasteiger charge is -2.39. The fraction of sp³-hybridized carbons (Fsp3) is 0.522. The molecule has 0 aliphatic carbocycles. The summed E-state index contributed by atoms with van der Waals surface area (Å²) < 4.78 is 11.0. The molecule has 27 heavy (non-hydrogen) atoms. The molecule has 144 valence electrons. The monoisotopic (exact) mass is 366 g/mol. The zero-order valence-corrected chi connectivity index (χ0v) is 16.3. The van der Waals surface area contributed by atoms with E-state index in [4.69, 9.17) is 14.5 Å². The molecule has 1 aromatic heterocycles. The molecule has 4 rings (SSSR count). The van der Waals surface area contributed by atoms with Gasteiger partial charge in [-0.15, -0.1) is 0 Å². The number of nitrogens with zero attached hydrogens (tertiary/aromatic N) is 2. The number of rotatable bonds is 5. The molecule has 4 heteroatoms. The van der Waals surface area contributed by atoms with Crippen LogP contribution in [0, 0.1) is 0 Å². The van der Waals surface area contributed by atoms with Gasteiger partial charge in [-0.2, -0.15) is 0 Å². The van der Waals surface area contributed by atoms with Crippen LogP contribution in [0.5, 0.6) is 5.75 Å². The molecule has 4 nitrogen and oxygen atoms in total. The van der Waals surface area contributed by atoms with Crippen LogP contribution in [0.3, 0.4) is 0 Å². The minimum atomic E-state index is 0.541. The Kier molecular flexibility index (Phi) is 6.05. The molecule has 2 aliphatic rings. The number of pyridine rings is 1. The van der Waals surface area contributed by atoms with Gasteiger partial charge in [0, 0.05) is 55.1 Å². The number of ether oxygens (including phenoxy) is 2. The Morgan fingerprint density at radius 1 is 1.07 bits per heavy atom. The highest BCUT2D eigenvalue weighted by molar-refractivity contribution is 5.36. The van der Waals surface area contributed by atoms with Crippen LogP contribution in [0.25, 0.3) is 0 Å². The molecule has 2 aromatic rings. The van der Waals surface area contributed by atoms with Gasteiger partial charge in [0.1, 0.15) is 5.75 Å². The molecule has 2 aliphatic heterocycles. The van der Waals surface area contributed by atoms with Gasteiger partial charge in [0.05, 0.1) is 7.11 Å². The molecule has 1 aromatic carbocycles. The highest BCUT2D eigenvalue weighted by Crippen LogP contribution is 2.29. The first-order chi connectivity index (χ1) is 13.3. The number of aromatic nitrogens is 1. The van der Waals surface area contributed by atoms with Gasteiger partial charge >= 0.3 is 0 Å². The Balaban J connectivity index is 1.46. The molecular formula is C23H30N2O2. The van der Waals surface area contributed by atoms with Crippen LogP contribution in [0.15, 0.2) is 42.5 Å². The van der Waals surface area contributed by atoms with Crippen LogP contribution in [-0.4, -0.2) is 49.3 Å². The van der Waals surface area contributed by atoms with E-state index in [0.29, 0.717) is 12.0 Å². The maximum atomic E-state index is 5.54. The summed E-state index contributed by atoms with van der Waals surface area (Å²) in [5.41, 5.74) is 3.57. The predicted octanol–water partition coefficient (Wildman–Crippen LogP) is 4.04. The fourth-order valence-corrected chi connectivity index (χ4v) is 4.50. The van der Waals surface area contributed by atoms with Crippen molar-refractivity contribution < 1.29 is 9.47 Å². The van der Waals surface area contributed by atoms with Crippen molar-refractivity contribution in [2.24, 2.45) is 0 Å². The third-order valence-electron chi connectivity index (χ3n) is 5.97. The van der Waals surface area contributed by atoms with Gasteiger partial charge in [0.2, 0.25) is 0 Å². The predicted molar refractivity (Wildman–Crippen MR) is 107 cm³/mol. The van der Waals surface area contributed by atoms with Crippen LogP contribution in [0.4, 0.5) is 0 Å². The second-order valence-electron chi connectivity index (χ2n) is 7.72. The summed E-state index contributed by atoms with van der Waals surface area (Å²) in [6, 6.07) is 15.4. The zero-order valence-electron chi connectivity index (χ0n) is 16.3. The van der Waals surface area contributed by atoms with Crippen molar-refractivity contribution in [1.82, 2.24) is 9.88 Å². The smallest absolute Gasteiger partial charge is 0.122 e. The van der Waals surface area contributed by atoms with E-state index >= 15 is 0 Å². The Hall–Kier alpha value is -1.91. The van der Waals surface area contributed by atoms with Crippen LogP contribution in [0.1, 0.15) is 48.6 Å². The van der Waals surface area contributed by atoms with Gasteiger partial charge < -0.3 is 9.47 Å². The van der Waals surface area contributed by atoms with E-state index in [-0.39, 0.29) is 0 Å². The average molecular weight is 367 g/mol. The minimum absolute atomic E-state index is 0.541. The van der Waals surface area contributed by atoms with Crippen molar-refractivity contribution in [3.8, 4) is 5.75 Å². The average Bonchev–Trinajstić information content (AvgIpc) is 2.75. The molecule has 1 unspecified atom stereocenters. The summed E-state index contributed by atoms with van der Waals surface area (Å²) in [6.07, 6.45) is 5.67. The van der Waals surface area contributed by atoms with Gasteiger partial charge in [-0.3, -0.25) is 9.88 Å². The molecule has 0 amide bonds. The third-order valence-corrected chi connectivity index (χ3v) is 5.97. The first-order valence-electron chi connectivity index (χ1n) is 10.2. The number of hydrogen-bond acceptors (Lipinski definition) is 4. The normalized spacial score (nSPS) is 21.9. The highest BCUT2D eigenvalue weighted by atomic mass is 16.5. The number of methoxy groups -OCH3 is 1. The number of hydrogen-bond donors (Lipinski definition) is 0. The van der Waals surface area contributed by atoms with Crippen LogP contribution >= 0.6 is 0 Å². The Labute approximate surface area is 162 Å². The van der Waals surface area contributed by atoms with Crippen molar-refractivity contribution in [1.29, 1.82) is 0 Å². The summed E-state index contributed by atoms with van der Waals surface area (Å²) >= 11 is 0. The number of piperidine rings is 1. The van der Waals surface area contributed by atoms with E-state index in [1.54, 1.807) is 7.11 Å². The Bertz CT molecular complexity index is 743. The van der Waals surface area contributed by atoms with E-state index in [9.17, 15) is 0 Å². The molecule has 0 spiro atoms. The highest BCUT2D eigenvalue weighted by Gasteiger charge is 2.28. The van der Waals surface area contributed by atoms with E-state index in [0.717, 1.165) is 37.6 Å². The SMILES string of the molecule is COc1ccccc1Cc1cccc(C2CCCN(C3CCOCC3)C2)n1. The molecule has 0 radical (unpaired) electrons. The standard InChI is InChI=1S/C23H30N2O2/c1-26-23-10-3-2-6-18(23)16-20-8-4-9-22(24-20)19-7-5-13-25(17-19)21-11-14-27-15-12-21/h2-4,6,8-10,19,21H,5,7,11-17H2,1H3. The lowest BCUT2D eigenvalue weighted by atomic mass is 9.91. The number of para-hydroxylation sites is 1. The van der Waals surface area contributed by atoms with Crippen LogP contribution in [-0.2, 0) is 11.2 Å². The van der Waals surface area contributed by atoms with Crippen molar-refractivity contribution in [3.63, 3.8) is 0 Å². The summed E-state index contributed by atoms with van der Waals surface area (Å²) in [5, 5.41) is 0. The van der Waals surface area contributed by atoms with Gasteiger partial charge in [0.15, 0.2) is 0 Å². The summed E-state index contributed by atoms with van der Waals surface area (Å²) in [5.74, 6) is 1.48. The second-order valence-corrected chi connectivity index (χ2v) is 7.72. The van der Waals surface area contributed by atoms with E-state index in [1.807, 2.05) is 12.1 Å². The van der Waals surface area contributed by atoms with Gasteiger partial charge in [-0.1, -0.05) is 24.3 Å². The van der Waals surface area contributed by atoms with E-state index in [2.05, 4.69) is 35.2 Å². The lowest BCUT2D eigenvalue weighted by molar-refractivity contribution is 0.0237. The number of benzene rings is 1. The quantitative estimate of drug-likeness (QED) is 0.800. The molecular weight excluding hydrogens is 336 g/mol. The lowest BCUT2D eigenvalue weighted by Crippen LogP contribution is -2.44. The maximum absolute atomic E-state index is 5.54. The number of likely N-dealkylation sites (tertiary alicyclic amines) is 1. The third kappa shape index (κ3) is 4.50. The maximum Gasteiger partial charge on any atom is 0.122 e.